The molecule has 0 aliphatic carbocycles. The second-order valence-corrected chi connectivity index (χ2v) is 12.8. The van der Waals surface area contributed by atoms with Crippen molar-refractivity contribution < 1.29 is 19.1 Å². The van der Waals surface area contributed by atoms with Crippen LogP contribution in [0.3, 0.4) is 0 Å². The van der Waals surface area contributed by atoms with Gasteiger partial charge in [-0.1, -0.05) is 30.0 Å². The van der Waals surface area contributed by atoms with E-state index in [2.05, 4.69) is 21.3 Å². The van der Waals surface area contributed by atoms with Crippen LogP contribution in [0.25, 0.3) is 0 Å². The summed E-state index contributed by atoms with van der Waals surface area (Å²) < 4.78 is 6.01. The Balaban J connectivity index is 1.08. The van der Waals surface area contributed by atoms with Gasteiger partial charge >= 0.3 is 6.03 Å². The third kappa shape index (κ3) is 5.03. The van der Waals surface area contributed by atoms with E-state index in [4.69, 9.17) is 4.74 Å². The summed E-state index contributed by atoms with van der Waals surface area (Å²) in [6.45, 7) is 4.88. The van der Waals surface area contributed by atoms with E-state index in [1.54, 1.807) is 0 Å². The molecule has 5 atom stereocenters. The third-order valence-corrected chi connectivity index (χ3v) is 10.3. The molecule has 3 unspecified atom stereocenters. The fraction of sp³-hybridized carbons (Fsp3) is 0.452. The number of ether oxygens (including phenoxy) is 1. The molecule has 4 fully saturated rings. The minimum Gasteiger partial charge on any atom is -0.457 e. The molecular weight excluding hydrogens is 552 g/mol. The molecule has 7 rings (SSSR count). The average Bonchev–Trinajstić information content (AvgIpc) is 3.33. The maximum atomic E-state index is 13.7. The van der Waals surface area contributed by atoms with Crippen LogP contribution >= 0.6 is 11.8 Å². The second kappa shape index (κ2) is 11.3. The largest absolute Gasteiger partial charge is 0.457 e. The SMILES string of the molecule is Cc1cc(Oc2ccccc2)ccc1N1C(=O)NC2=C(C(=O)N[C@@H]3CCCN(C(=O)[C@@H]4CCN4)C3)SC3NCCC1C23. The summed E-state index contributed by atoms with van der Waals surface area (Å²) >= 11 is 1.50. The van der Waals surface area contributed by atoms with E-state index < -0.39 is 0 Å². The van der Waals surface area contributed by atoms with E-state index in [0.29, 0.717) is 22.9 Å². The molecule has 0 saturated carbocycles. The first-order chi connectivity index (χ1) is 20.5. The van der Waals surface area contributed by atoms with Gasteiger partial charge in [0.1, 0.15) is 11.5 Å². The van der Waals surface area contributed by atoms with Crippen LogP contribution in [-0.2, 0) is 9.59 Å². The van der Waals surface area contributed by atoms with Gasteiger partial charge < -0.3 is 30.9 Å². The normalized spacial score (nSPS) is 28.5. The van der Waals surface area contributed by atoms with Crippen LogP contribution < -0.4 is 30.9 Å². The van der Waals surface area contributed by atoms with Gasteiger partial charge in [-0.15, -0.1) is 0 Å². The number of aryl methyl sites for hydroxylation is 1. The highest BCUT2D eigenvalue weighted by atomic mass is 32.2. The number of thioether (sulfide) groups is 1. The van der Waals surface area contributed by atoms with Crippen molar-refractivity contribution in [1.82, 2.24) is 26.2 Å². The molecule has 4 saturated heterocycles. The van der Waals surface area contributed by atoms with Crippen LogP contribution in [0.2, 0.25) is 0 Å². The van der Waals surface area contributed by atoms with E-state index in [-0.39, 0.29) is 47.3 Å². The molecule has 0 spiro atoms. The van der Waals surface area contributed by atoms with Gasteiger partial charge in [0.25, 0.3) is 5.91 Å². The van der Waals surface area contributed by atoms with Crippen molar-refractivity contribution in [1.29, 1.82) is 0 Å². The molecule has 2 aromatic carbocycles. The first kappa shape index (κ1) is 27.3. The Morgan fingerprint density at radius 2 is 1.83 bits per heavy atom. The molecule has 5 aliphatic rings. The van der Waals surface area contributed by atoms with Gasteiger partial charge in [-0.2, -0.15) is 0 Å². The molecule has 2 aromatic rings. The maximum absolute atomic E-state index is 13.7. The summed E-state index contributed by atoms with van der Waals surface area (Å²) in [6, 6.07) is 14.9. The standard InChI is InChI=1S/C31H36N6O4S/c1-18-16-21(41-20-7-3-2-4-8-20)9-10-23(18)37-24-12-14-33-29-25(24)26(35-31(37)40)27(42-29)28(38)34-19-6-5-15-36(17-19)30(39)22-11-13-32-22/h2-4,7-10,16,19,22,24-25,29,32-33H,5-6,11-15,17H2,1H3,(H,34,38)(H,35,40)/t19-,22+,24?,25?,29?/m1/s1. The Bertz CT molecular complexity index is 1430. The topological polar surface area (TPSA) is 115 Å². The van der Waals surface area contributed by atoms with Crippen molar-refractivity contribution in [3.05, 3.63) is 64.7 Å². The molecular formula is C31H36N6O4S. The number of hydrogen-bond donors (Lipinski definition) is 4. The lowest BCUT2D eigenvalue weighted by molar-refractivity contribution is -0.137. The number of nitrogens with zero attached hydrogens (tertiary/aromatic N) is 2. The van der Waals surface area contributed by atoms with E-state index >= 15 is 0 Å². The number of hydrogen-bond acceptors (Lipinski definition) is 7. The van der Waals surface area contributed by atoms with Gasteiger partial charge in [0.05, 0.1) is 22.4 Å². The summed E-state index contributed by atoms with van der Waals surface area (Å²) in [4.78, 5) is 44.4. The van der Waals surface area contributed by atoms with Gasteiger partial charge in [-0.25, -0.2) is 4.79 Å². The number of piperidine rings is 2. The van der Waals surface area contributed by atoms with Gasteiger partial charge in [-0.05, 0) is 81.6 Å². The number of nitrogens with one attached hydrogen (secondary N) is 4. The summed E-state index contributed by atoms with van der Waals surface area (Å²) in [5, 5.41) is 13.0. The number of likely N-dealkylation sites (tertiary alicyclic amines) is 1. The quantitative estimate of drug-likeness (QED) is 0.410. The molecule has 220 valence electrons. The van der Waals surface area contributed by atoms with E-state index in [9.17, 15) is 14.4 Å². The van der Waals surface area contributed by atoms with Crippen LogP contribution in [0, 0.1) is 12.8 Å². The van der Waals surface area contributed by atoms with Crippen molar-refractivity contribution in [2.75, 3.05) is 31.1 Å². The zero-order valence-corrected chi connectivity index (χ0v) is 24.4. The average molecular weight is 589 g/mol. The highest BCUT2D eigenvalue weighted by Gasteiger charge is 2.52. The third-order valence-electron chi connectivity index (χ3n) is 8.94. The molecule has 4 N–H and O–H groups in total. The predicted octanol–water partition coefficient (Wildman–Crippen LogP) is 3.05. The number of carbonyl (C=O) groups excluding carboxylic acids is 3. The molecule has 0 radical (unpaired) electrons. The Labute approximate surface area is 249 Å². The van der Waals surface area contributed by atoms with Gasteiger partial charge in [0, 0.05) is 36.4 Å². The molecule has 11 heteroatoms. The lowest BCUT2D eigenvalue weighted by atomic mass is 9.86. The maximum Gasteiger partial charge on any atom is 0.326 e. The van der Waals surface area contributed by atoms with Gasteiger partial charge in [-0.3, -0.25) is 14.5 Å². The van der Waals surface area contributed by atoms with E-state index in [1.807, 2.05) is 65.3 Å². The fourth-order valence-electron chi connectivity index (χ4n) is 6.75. The summed E-state index contributed by atoms with van der Waals surface area (Å²) in [5.74, 6) is 1.40. The van der Waals surface area contributed by atoms with Gasteiger partial charge in [0.2, 0.25) is 5.91 Å². The highest BCUT2D eigenvalue weighted by molar-refractivity contribution is 8.04. The van der Waals surface area contributed by atoms with Crippen molar-refractivity contribution in [3.8, 4) is 11.5 Å². The molecule has 4 amide bonds. The molecule has 5 heterocycles. The lowest BCUT2D eigenvalue weighted by Crippen LogP contribution is -2.62. The van der Waals surface area contributed by atoms with Crippen LogP contribution in [0.1, 0.15) is 31.2 Å². The number of anilines is 1. The zero-order valence-electron chi connectivity index (χ0n) is 23.6. The predicted molar refractivity (Wildman–Crippen MR) is 161 cm³/mol. The number of carbonyl (C=O) groups is 3. The summed E-state index contributed by atoms with van der Waals surface area (Å²) in [7, 11) is 0. The fourth-order valence-corrected chi connectivity index (χ4v) is 8.15. The number of amides is 4. The first-order valence-electron chi connectivity index (χ1n) is 14.9. The summed E-state index contributed by atoms with van der Waals surface area (Å²) in [6.07, 6.45) is 3.35. The smallest absolute Gasteiger partial charge is 0.326 e. The van der Waals surface area contributed by atoms with E-state index in [1.165, 1.54) is 11.8 Å². The highest BCUT2D eigenvalue weighted by Crippen LogP contribution is 2.48. The Morgan fingerprint density at radius 1 is 1.02 bits per heavy atom. The minimum atomic E-state index is -0.220. The van der Waals surface area contributed by atoms with E-state index in [0.717, 1.165) is 62.3 Å². The number of benzene rings is 2. The Kier molecular flexibility index (Phi) is 7.33. The van der Waals surface area contributed by atoms with Crippen molar-refractivity contribution in [2.24, 2.45) is 5.92 Å². The van der Waals surface area contributed by atoms with Crippen molar-refractivity contribution in [2.45, 2.75) is 56.1 Å². The lowest BCUT2D eigenvalue weighted by Gasteiger charge is -2.46. The number of urea groups is 1. The molecule has 42 heavy (non-hydrogen) atoms. The Hall–Kier alpha value is -3.54. The van der Waals surface area contributed by atoms with Gasteiger partial charge in [0.15, 0.2) is 0 Å². The van der Waals surface area contributed by atoms with Crippen LogP contribution in [-0.4, -0.2) is 72.4 Å². The van der Waals surface area contributed by atoms with Crippen LogP contribution in [0.5, 0.6) is 11.5 Å². The zero-order chi connectivity index (χ0) is 28.8. The summed E-state index contributed by atoms with van der Waals surface area (Å²) in [5.41, 5.74) is 2.50. The monoisotopic (exact) mass is 588 g/mol. The molecule has 0 aromatic heterocycles. The molecule has 10 nitrogen and oxygen atoms in total. The van der Waals surface area contributed by atoms with Crippen LogP contribution in [0.15, 0.2) is 59.1 Å². The first-order valence-corrected chi connectivity index (χ1v) is 15.8. The number of rotatable bonds is 6. The van der Waals surface area contributed by atoms with Crippen molar-refractivity contribution >= 4 is 35.3 Å². The Morgan fingerprint density at radius 3 is 2.60 bits per heavy atom. The molecule has 0 bridgehead atoms. The molecule has 5 aliphatic heterocycles. The minimum absolute atomic E-state index is 0.00211. The van der Waals surface area contributed by atoms with Crippen LogP contribution in [0.4, 0.5) is 10.5 Å². The van der Waals surface area contributed by atoms with Crippen molar-refractivity contribution in [3.63, 3.8) is 0 Å². The second-order valence-electron chi connectivity index (χ2n) is 11.7. The number of para-hydroxylation sites is 1.